The Kier molecular flexibility index (Phi) is 9.50. The van der Waals surface area contributed by atoms with Gasteiger partial charge in [-0.25, -0.2) is 19.9 Å². The van der Waals surface area contributed by atoms with E-state index in [9.17, 15) is 27.2 Å². The lowest BCUT2D eigenvalue weighted by Crippen LogP contribution is -2.34. The molecule has 7 rings (SSSR count). The minimum absolute atomic E-state index is 0.00578. The highest BCUT2D eigenvalue weighted by atomic mass is 32.1. The zero-order valence-electron chi connectivity index (χ0n) is 24.6. The van der Waals surface area contributed by atoms with Gasteiger partial charge in [-0.3, -0.25) is 9.59 Å². The second-order valence-electron chi connectivity index (χ2n) is 11.3. The number of ketones is 1. The van der Waals surface area contributed by atoms with Crippen molar-refractivity contribution in [3.63, 3.8) is 0 Å². The Morgan fingerprint density at radius 2 is 1.34 bits per heavy atom. The molecule has 0 saturated heterocycles. The smallest absolute Gasteiger partial charge is 0.315 e. The van der Waals surface area contributed by atoms with Gasteiger partial charge in [0.1, 0.15) is 11.6 Å². The summed E-state index contributed by atoms with van der Waals surface area (Å²) >= 11 is 3.48. The van der Waals surface area contributed by atoms with Crippen LogP contribution in [0.3, 0.4) is 0 Å². The third-order valence-electron chi connectivity index (χ3n) is 8.02. The fourth-order valence-electron chi connectivity index (χ4n) is 5.02. The number of alkyl halides is 4. The van der Waals surface area contributed by atoms with Crippen molar-refractivity contribution in [2.24, 2.45) is 0 Å². The molecule has 0 radical (unpaired) electrons. The second-order valence-corrected chi connectivity index (χ2v) is 13.2. The van der Waals surface area contributed by atoms with Gasteiger partial charge in [-0.1, -0.05) is 12.1 Å². The molecule has 5 heterocycles. The van der Waals surface area contributed by atoms with Crippen molar-refractivity contribution in [3.05, 3.63) is 92.7 Å². The molecule has 2 fully saturated rings. The van der Waals surface area contributed by atoms with E-state index in [-0.39, 0.29) is 22.3 Å². The second kappa shape index (κ2) is 13.7. The summed E-state index contributed by atoms with van der Waals surface area (Å²) in [7, 11) is 0. The van der Waals surface area contributed by atoms with Crippen molar-refractivity contribution >= 4 is 34.4 Å². The molecule has 2 aliphatic rings. The molecule has 0 unspecified atom stereocenters. The molecule has 47 heavy (non-hydrogen) atoms. The molecule has 5 aromatic rings. The Morgan fingerprint density at radius 3 is 1.77 bits per heavy atom. The quantitative estimate of drug-likeness (QED) is 0.121. The Morgan fingerprint density at radius 1 is 0.809 bits per heavy atom. The maximum absolute atomic E-state index is 12.5. The number of nitrogens with zero attached hydrogens (tertiary/aromatic N) is 6. The molecule has 0 aromatic carbocycles. The van der Waals surface area contributed by atoms with Crippen LogP contribution in [-0.4, -0.2) is 54.8 Å². The van der Waals surface area contributed by atoms with E-state index in [0.29, 0.717) is 17.8 Å². The first-order valence-corrected chi connectivity index (χ1v) is 16.3. The van der Waals surface area contributed by atoms with Crippen molar-refractivity contribution in [2.45, 2.75) is 62.2 Å². The molecule has 10 nitrogen and oxygen atoms in total. The first kappa shape index (κ1) is 32.5. The monoisotopic (exact) mass is 685 g/mol. The SMILES string of the molecule is FC(F)c1nnc(-c2cnc(CC3(c4cccs4)CC3)nc2)o1.O=C(CNC(=O)C(F)F)c1cnc(CC2(c3cccs3)CC2)nc1. The number of carbonyl (C=O) groups is 2. The van der Waals surface area contributed by atoms with Crippen LogP contribution in [0.5, 0.6) is 0 Å². The molecule has 16 heteroatoms. The van der Waals surface area contributed by atoms with Gasteiger partial charge in [0, 0.05) is 58.2 Å². The summed E-state index contributed by atoms with van der Waals surface area (Å²) in [6.07, 6.45) is 5.87. The van der Waals surface area contributed by atoms with Crippen LogP contribution in [-0.2, 0) is 28.5 Å². The van der Waals surface area contributed by atoms with Crippen molar-refractivity contribution in [1.82, 2.24) is 35.5 Å². The summed E-state index contributed by atoms with van der Waals surface area (Å²) in [5.41, 5.74) is 0.914. The normalized spacial score (nSPS) is 15.6. The molecular weight excluding hydrogens is 659 g/mol. The van der Waals surface area contributed by atoms with Crippen LogP contribution in [0.4, 0.5) is 17.6 Å². The molecule has 0 aliphatic heterocycles. The van der Waals surface area contributed by atoms with Crippen molar-refractivity contribution in [1.29, 1.82) is 0 Å². The van der Waals surface area contributed by atoms with E-state index < -0.39 is 37.0 Å². The lowest BCUT2D eigenvalue weighted by Gasteiger charge is -2.12. The topological polar surface area (TPSA) is 137 Å². The van der Waals surface area contributed by atoms with E-state index in [1.54, 1.807) is 22.7 Å². The molecular formula is C31H27F4N7O3S2. The summed E-state index contributed by atoms with van der Waals surface area (Å²) in [5.74, 6) is -1.28. The van der Waals surface area contributed by atoms with Gasteiger partial charge in [0.25, 0.3) is 17.7 Å². The van der Waals surface area contributed by atoms with Gasteiger partial charge < -0.3 is 9.73 Å². The number of nitrogens with one attached hydrogen (secondary N) is 1. The number of thiophene rings is 2. The predicted molar refractivity (Wildman–Crippen MR) is 164 cm³/mol. The van der Waals surface area contributed by atoms with Gasteiger partial charge in [-0.2, -0.15) is 17.6 Å². The van der Waals surface area contributed by atoms with E-state index in [1.807, 2.05) is 16.8 Å². The molecule has 0 spiro atoms. The minimum atomic E-state index is -3.14. The van der Waals surface area contributed by atoms with E-state index in [0.717, 1.165) is 37.9 Å². The third-order valence-corrected chi connectivity index (χ3v) is 10.2. The average molecular weight is 686 g/mol. The number of Topliss-reactive ketones (excluding diaryl/α,β-unsaturated/α-hetero) is 1. The number of aromatic nitrogens is 6. The highest BCUT2D eigenvalue weighted by Crippen LogP contribution is 2.52. The summed E-state index contributed by atoms with van der Waals surface area (Å²) in [6, 6.07) is 8.34. The number of hydrogen-bond acceptors (Lipinski definition) is 11. The zero-order valence-corrected chi connectivity index (χ0v) is 26.2. The van der Waals surface area contributed by atoms with Gasteiger partial charge >= 0.3 is 12.9 Å². The summed E-state index contributed by atoms with van der Waals surface area (Å²) in [5, 5.41) is 12.9. The standard InChI is InChI=1S/C16H15F2N3O2S.C15H12F2N4OS/c17-14(18)15(23)21-9-11(22)10-7-19-13(20-8-10)6-16(3-4-16)12-2-1-5-24-12;16-12(17)14-21-20-13(22-14)9-7-18-11(19-8-9)6-15(3-4-15)10-2-1-5-23-10/h1-2,5,7-8,14H,3-4,6,9H2,(H,21,23);1-2,5,7-8,12H,3-4,6H2. The van der Waals surface area contributed by atoms with Crippen molar-refractivity contribution in [3.8, 4) is 11.5 Å². The van der Waals surface area contributed by atoms with Crippen LogP contribution < -0.4 is 5.32 Å². The fraction of sp³-hybridized carbons (Fsp3) is 0.355. The molecule has 2 saturated carbocycles. The lowest BCUT2D eigenvalue weighted by atomic mass is 10.00. The van der Waals surface area contributed by atoms with Gasteiger partial charge in [-0.05, 0) is 48.6 Å². The molecule has 1 N–H and O–H groups in total. The summed E-state index contributed by atoms with van der Waals surface area (Å²) in [6.45, 7) is -0.495. The number of halogens is 4. The first-order chi connectivity index (χ1) is 22.7. The molecule has 5 aromatic heterocycles. The number of hydrogen-bond donors (Lipinski definition) is 1. The van der Waals surface area contributed by atoms with E-state index >= 15 is 0 Å². The van der Waals surface area contributed by atoms with Crippen LogP contribution >= 0.6 is 22.7 Å². The average Bonchev–Trinajstić information content (AvgIpc) is 3.70. The molecule has 0 atom stereocenters. The molecule has 2 aliphatic carbocycles. The van der Waals surface area contributed by atoms with Gasteiger partial charge in [0.05, 0.1) is 17.7 Å². The highest BCUT2D eigenvalue weighted by Gasteiger charge is 2.46. The van der Waals surface area contributed by atoms with Crippen LogP contribution in [0.15, 0.2) is 64.2 Å². The van der Waals surface area contributed by atoms with E-state index in [1.165, 1.54) is 34.5 Å². The Bertz CT molecular complexity index is 1790. The number of carbonyl (C=O) groups excluding carboxylic acids is 2. The van der Waals surface area contributed by atoms with E-state index in [4.69, 9.17) is 4.42 Å². The van der Waals surface area contributed by atoms with Crippen LogP contribution in [0.2, 0.25) is 0 Å². The minimum Gasteiger partial charge on any atom is -0.415 e. The Hall–Kier alpha value is -4.44. The Balaban J connectivity index is 0.000000164. The molecule has 244 valence electrons. The Labute approximate surface area is 273 Å². The van der Waals surface area contributed by atoms with Crippen LogP contribution in [0.25, 0.3) is 11.5 Å². The third kappa shape index (κ3) is 7.76. The molecule has 1 amide bonds. The van der Waals surface area contributed by atoms with Crippen LogP contribution in [0, 0.1) is 0 Å². The zero-order chi connectivity index (χ0) is 33.0. The van der Waals surface area contributed by atoms with Gasteiger partial charge in [-0.15, -0.1) is 32.9 Å². The largest absolute Gasteiger partial charge is 0.415 e. The summed E-state index contributed by atoms with van der Waals surface area (Å²) < 4.78 is 53.9. The lowest BCUT2D eigenvalue weighted by molar-refractivity contribution is -0.131. The van der Waals surface area contributed by atoms with Gasteiger partial charge in [0.2, 0.25) is 0 Å². The summed E-state index contributed by atoms with van der Waals surface area (Å²) in [4.78, 5) is 42.3. The fourth-order valence-corrected chi connectivity index (χ4v) is 7.00. The van der Waals surface area contributed by atoms with Crippen molar-refractivity contribution < 1.29 is 31.6 Å². The maximum atomic E-state index is 12.5. The van der Waals surface area contributed by atoms with E-state index in [2.05, 4.69) is 53.7 Å². The highest BCUT2D eigenvalue weighted by molar-refractivity contribution is 7.10. The van der Waals surface area contributed by atoms with Crippen LogP contribution in [0.1, 0.15) is 69.8 Å². The number of rotatable bonds is 12. The predicted octanol–water partition coefficient (Wildman–Crippen LogP) is 6.18. The number of amides is 1. The van der Waals surface area contributed by atoms with Gasteiger partial charge in [0.15, 0.2) is 5.78 Å². The van der Waals surface area contributed by atoms with Crippen molar-refractivity contribution in [2.75, 3.05) is 6.54 Å². The maximum Gasteiger partial charge on any atom is 0.315 e. The first-order valence-electron chi connectivity index (χ1n) is 14.6. The molecule has 0 bridgehead atoms.